The van der Waals surface area contributed by atoms with E-state index in [0.717, 1.165) is 32.9 Å². The van der Waals surface area contributed by atoms with Crippen LogP contribution in [0.2, 0.25) is 0 Å². The largest absolute Gasteiger partial charge is 0.289 e. The number of terminal acetylenes is 1. The molecule has 14 heteroatoms. The molecule has 0 radical (unpaired) electrons. The van der Waals surface area contributed by atoms with Crippen molar-refractivity contribution < 1.29 is 26.7 Å². The Labute approximate surface area is 220 Å². The highest BCUT2D eigenvalue weighted by Crippen LogP contribution is 2.34. The van der Waals surface area contributed by atoms with Crippen molar-refractivity contribution in [3.8, 4) is 12.3 Å². The average Bonchev–Trinajstić information content (AvgIpc) is 3.34. The SMILES string of the molecule is C#CCN(C[C@@H]1C=CCC1N(CC=C)S(=O)(=O)c1ccccc1[N+](=O)[O-])S(=O)(=O)c1ccccc1[N+](=O)[O-]. The summed E-state index contributed by atoms with van der Waals surface area (Å²) in [6.45, 7) is 2.68. The first-order chi connectivity index (χ1) is 18.0. The summed E-state index contributed by atoms with van der Waals surface area (Å²) in [6, 6.07) is 8.93. The summed E-state index contributed by atoms with van der Waals surface area (Å²) >= 11 is 0. The van der Waals surface area contributed by atoms with E-state index >= 15 is 0 Å². The maximum absolute atomic E-state index is 13.6. The predicted octanol–water partition coefficient (Wildman–Crippen LogP) is 2.95. The molecule has 0 amide bonds. The molecule has 1 aliphatic rings. The molecule has 0 spiro atoms. The molecule has 0 saturated heterocycles. The number of hydrogen-bond donors (Lipinski definition) is 0. The van der Waals surface area contributed by atoms with Crippen LogP contribution in [0.3, 0.4) is 0 Å². The first-order valence-electron chi connectivity index (χ1n) is 11.2. The van der Waals surface area contributed by atoms with Crippen molar-refractivity contribution in [2.24, 2.45) is 5.92 Å². The molecule has 200 valence electrons. The van der Waals surface area contributed by atoms with Crippen LogP contribution in [0.5, 0.6) is 0 Å². The molecule has 0 fully saturated rings. The Bertz CT molecular complexity index is 1530. The normalized spacial score (nSPS) is 17.4. The quantitative estimate of drug-likeness (QED) is 0.166. The van der Waals surface area contributed by atoms with Gasteiger partial charge in [-0.1, -0.05) is 48.4 Å². The molecule has 3 rings (SSSR count). The van der Waals surface area contributed by atoms with Crippen molar-refractivity contribution in [3.63, 3.8) is 0 Å². The van der Waals surface area contributed by atoms with Gasteiger partial charge in [0.25, 0.3) is 21.4 Å². The molecule has 1 unspecified atom stereocenters. The second-order valence-electron chi connectivity index (χ2n) is 8.21. The van der Waals surface area contributed by atoms with Crippen molar-refractivity contribution in [2.75, 3.05) is 19.6 Å². The summed E-state index contributed by atoms with van der Waals surface area (Å²) < 4.78 is 56.1. The third kappa shape index (κ3) is 5.65. The van der Waals surface area contributed by atoms with E-state index in [1.807, 2.05) is 0 Å². The second kappa shape index (κ2) is 11.7. The van der Waals surface area contributed by atoms with Gasteiger partial charge in [-0.25, -0.2) is 16.8 Å². The van der Waals surface area contributed by atoms with Crippen LogP contribution in [0.4, 0.5) is 11.4 Å². The lowest BCUT2D eigenvalue weighted by Crippen LogP contribution is -2.46. The van der Waals surface area contributed by atoms with Gasteiger partial charge in [0.15, 0.2) is 9.79 Å². The highest BCUT2D eigenvalue weighted by Gasteiger charge is 2.41. The molecule has 0 bridgehead atoms. The van der Waals surface area contributed by atoms with Gasteiger partial charge in [-0.3, -0.25) is 20.2 Å². The maximum Gasteiger partial charge on any atom is 0.289 e. The van der Waals surface area contributed by atoms with E-state index in [9.17, 15) is 37.1 Å². The fraction of sp³-hybridized carbons (Fsp3) is 0.250. The third-order valence-electron chi connectivity index (χ3n) is 5.94. The first-order valence-corrected chi connectivity index (χ1v) is 14.0. The summed E-state index contributed by atoms with van der Waals surface area (Å²) in [7, 11) is -8.88. The zero-order valence-electron chi connectivity index (χ0n) is 20.0. The highest BCUT2D eigenvalue weighted by atomic mass is 32.2. The van der Waals surface area contributed by atoms with Gasteiger partial charge < -0.3 is 0 Å². The zero-order chi connectivity index (χ0) is 28.1. The van der Waals surface area contributed by atoms with Crippen LogP contribution in [0.15, 0.2) is 83.1 Å². The molecule has 0 aliphatic heterocycles. The molecule has 2 aromatic carbocycles. The highest BCUT2D eigenvalue weighted by molar-refractivity contribution is 7.89. The van der Waals surface area contributed by atoms with E-state index in [0.29, 0.717) is 0 Å². The number of rotatable bonds is 12. The zero-order valence-corrected chi connectivity index (χ0v) is 21.6. The lowest BCUT2D eigenvalue weighted by Gasteiger charge is -2.33. The number of sulfonamides is 2. The average molecular weight is 561 g/mol. The lowest BCUT2D eigenvalue weighted by molar-refractivity contribution is -0.388. The predicted molar refractivity (Wildman–Crippen MR) is 139 cm³/mol. The Balaban J connectivity index is 2.02. The van der Waals surface area contributed by atoms with Gasteiger partial charge in [0, 0.05) is 37.2 Å². The van der Waals surface area contributed by atoms with Crippen molar-refractivity contribution in [2.45, 2.75) is 22.3 Å². The van der Waals surface area contributed by atoms with Gasteiger partial charge in [0.2, 0.25) is 10.0 Å². The smallest absolute Gasteiger partial charge is 0.258 e. The molecule has 1 aliphatic carbocycles. The summed E-state index contributed by atoms with van der Waals surface area (Å²) in [5.74, 6) is 1.52. The van der Waals surface area contributed by atoms with Crippen LogP contribution >= 0.6 is 0 Å². The van der Waals surface area contributed by atoms with E-state index in [4.69, 9.17) is 6.42 Å². The standard InChI is InChI=1S/C24H24N4O8S2/c1-3-16-25(37(33,34)23-14-7-5-11-21(23)27(29)30)18-19-10-9-13-20(19)26(17-4-2)38(35,36)24-15-8-6-12-22(24)28(31)32/h1,4-12,14-15,19-20H,2,13,16-18H2/t19-,20?/m0/s1. The van der Waals surface area contributed by atoms with Crippen LogP contribution in [0, 0.1) is 38.5 Å². The number of nitrogens with zero attached hydrogens (tertiary/aromatic N) is 4. The molecular formula is C24H24N4O8S2. The van der Waals surface area contributed by atoms with Gasteiger partial charge in [0.1, 0.15) is 0 Å². The fourth-order valence-electron chi connectivity index (χ4n) is 4.25. The minimum absolute atomic E-state index is 0.188. The van der Waals surface area contributed by atoms with Crippen molar-refractivity contribution in [1.82, 2.24) is 8.61 Å². The number of benzene rings is 2. The van der Waals surface area contributed by atoms with Crippen LogP contribution in [0.25, 0.3) is 0 Å². The van der Waals surface area contributed by atoms with E-state index in [1.165, 1.54) is 30.3 Å². The topological polar surface area (TPSA) is 161 Å². The molecular weight excluding hydrogens is 536 g/mol. The van der Waals surface area contributed by atoms with Gasteiger partial charge in [-0.15, -0.1) is 13.0 Å². The Hall–Kier alpha value is -3.90. The number of hydrogen-bond acceptors (Lipinski definition) is 8. The van der Waals surface area contributed by atoms with Crippen LogP contribution < -0.4 is 0 Å². The Morgan fingerprint density at radius 1 is 0.974 bits per heavy atom. The number of nitro groups is 2. The summed E-state index contributed by atoms with van der Waals surface area (Å²) in [5.41, 5.74) is -1.22. The molecule has 12 nitrogen and oxygen atoms in total. The minimum Gasteiger partial charge on any atom is -0.258 e. The molecule has 38 heavy (non-hydrogen) atoms. The molecule has 0 heterocycles. The van der Waals surface area contributed by atoms with Gasteiger partial charge in [-0.05, 0) is 18.6 Å². The van der Waals surface area contributed by atoms with Crippen LogP contribution in [-0.4, -0.2) is 61.0 Å². The maximum atomic E-state index is 13.6. The first kappa shape index (κ1) is 28.7. The molecule has 0 aromatic heterocycles. The van der Waals surface area contributed by atoms with E-state index in [-0.39, 0.29) is 19.5 Å². The van der Waals surface area contributed by atoms with Gasteiger partial charge in [-0.2, -0.15) is 8.61 Å². The van der Waals surface area contributed by atoms with E-state index in [2.05, 4.69) is 12.5 Å². The minimum atomic E-state index is -4.46. The molecule has 0 N–H and O–H groups in total. The van der Waals surface area contributed by atoms with Crippen molar-refractivity contribution in [3.05, 3.63) is 93.6 Å². The summed E-state index contributed by atoms with van der Waals surface area (Å²) in [4.78, 5) is 20.3. The monoisotopic (exact) mass is 560 g/mol. The van der Waals surface area contributed by atoms with Crippen molar-refractivity contribution in [1.29, 1.82) is 0 Å². The lowest BCUT2D eigenvalue weighted by atomic mass is 10.0. The van der Waals surface area contributed by atoms with Crippen LogP contribution in [0.1, 0.15) is 6.42 Å². The Kier molecular flexibility index (Phi) is 8.79. The van der Waals surface area contributed by atoms with Gasteiger partial charge in [0.05, 0.1) is 16.4 Å². The van der Waals surface area contributed by atoms with E-state index in [1.54, 1.807) is 12.2 Å². The summed E-state index contributed by atoms with van der Waals surface area (Å²) in [6.07, 6.45) is 10.2. The van der Waals surface area contributed by atoms with Crippen LogP contribution in [-0.2, 0) is 20.0 Å². The Morgan fingerprint density at radius 2 is 1.50 bits per heavy atom. The fourth-order valence-corrected chi connectivity index (χ4v) is 7.61. The van der Waals surface area contributed by atoms with Gasteiger partial charge >= 0.3 is 0 Å². The molecule has 0 saturated carbocycles. The van der Waals surface area contributed by atoms with Crippen molar-refractivity contribution >= 4 is 31.4 Å². The third-order valence-corrected chi connectivity index (χ3v) is 9.74. The second-order valence-corrected chi connectivity index (χ2v) is 12.0. The number of nitro benzene ring substituents is 2. The van der Waals surface area contributed by atoms with E-state index < -0.39 is 69.6 Å². The molecule has 2 aromatic rings. The molecule has 2 atom stereocenters. The Morgan fingerprint density at radius 3 is 2.00 bits per heavy atom. The summed E-state index contributed by atoms with van der Waals surface area (Å²) in [5, 5.41) is 23.0. The number of para-hydroxylation sites is 2.